The number of amides is 3. The average Bonchev–Trinajstić information content (AvgIpc) is 3.49. The van der Waals surface area contributed by atoms with E-state index in [2.05, 4.69) is 16.0 Å². The van der Waals surface area contributed by atoms with Crippen LogP contribution in [0.3, 0.4) is 0 Å². The third-order valence-electron chi connectivity index (χ3n) is 4.23. The number of hydrogen-bond donors (Lipinski definition) is 3. The highest BCUT2D eigenvalue weighted by atomic mass is 32.1. The number of methoxy groups -OCH3 is 1. The number of hydrogen-bond acceptors (Lipinski definition) is 7. The van der Waals surface area contributed by atoms with Gasteiger partial charge in [0.2, 0.25) is 0 Å². The van der Waals surface area contributed by atoms with E-state index in [-0.39, 0.29) is 36.6 Å². The van der Waals surface area contributed by atoms with Crippen molar-refractivity contribution in [3.8, 4) is 11.5 Å². The van der Waals surface area contributed by atoms with E-state index in [1.807, 2.05) is 6.92 Å². The number of nitrogens with one attached hydrogen (secondary N) is 3. The zero-order chi connectivity index (χ0) is 22.9. The molecule has 0 bridgehead atoms. The van der Waals surface area contributed by atoms with Crippen molar-refractivity contribution in [2.45, 2.75) is 13.5 Å². The van der Waals surface area contributed by atoms with Gasteiger partial charge in [0.15, 0.2) is 23.9 Å². The summed E-state index contributed by atoms with van der Waals surface area (Å²) in [6.45, 7) is 2.50. The fourth-order valence-electron chi connectivity index (χ4n) is 2.71. The lowest BCUT2D eigenvalue weighted by molar-refractivity contribution is -0.123. The lowest BCUT2D eigenvalue weighted by atomic mass is 10.2. The molecule has 168 valence electrons. The number of carbonyl (C=O) groups excluding carboxylic acids is 3. The Morgan fingerprint density at radius 2 is 1.88 bits per heavy atom. The van der Waals surface area contributed by atoms with Gasteiger partial charge in [-0.1, -0.05) is 6.07 Å². The molecule has 3 N–H and O–H groups in total. The number of ether oxygens (including phenoxy) is 2. The lowest BCUT2D eigenvalue weighted by Gasteiger charge is -2.12. The lowest BCUT2D eigenvalue weighted by Crippen LogP contribution is -2.28. The van der Waals surface area contributed by atoms with E-state index in [4.69, 9.17) is 13.9 Å². The minimum absolute atomic E-state index is 0.114. The van der Waals surface area contributed by atoms with Crippen molar-refractivity contribution in [2.24, 2.45) is 0 Å². The van der Waals surface area contributed by atoms with Gasteiger partial charge in [-0.05, 0) is 48.9 Å². The van der Waals surface area contributed by atoms with Gasteiger partial charge in [0.1, 0.15) is 0 Å². The fraction of sp³-hybridized carbons (Fsp3) is 0.227. The predicted molar refractivity (Wildman–Crippen MR) is 119 cm³/mol. The van der Waals surface area contributed by atoms with Gasteiger partial charge in [0.25, 0.3) is 17.7 Å². The van der Waals surface area contributed by atoms with Gasteiger partial charge in [-0.3, -0.25) is 14.4 Å². The van der Waals surface area contributed by atoms with Crippen molar-refractivity contribution in [3.05, 3.63) is 64.9 Å². The molecule has 0 aliphatic rings. The minimum Gasteiger partial charge on any atom is -0.493 e. The SMILES string of the molecule is CCNC(=O)COc1ccc(CNC(=O)c2ccc(NC(=O)c3ccco3)s2)cc1OC. The first-order chi connectivity index (χ1) is 15.5. The molecule has 3 rings (SSSR count). The van der Waals surface area contributed by atoms with Crippen molar-refractivity contribution >= 4 is 34.1 Å². The van der Waals surface area contributed by atoms with Gasteiger partial charge in [-0.15, -0.1) is 11.3 Å². The fourth-order valence-corrected chi connectivity index (χ4v) is 3.53. The van der Waals surface area contributed by atoms with Gasteiger partial charge in [-0.2, -0.15) is 0 Å². The van der Waals surface area contributed by atoms with Crippen LogP contribution in [0.15, 0.2) is 53.1 Å². The van der Waals surface area contributed by atoms with Gasteiger partial charge in [0.05, 0.1) is 23.3 Å². The van der Waals surface area contributed by atoms with E-state index in [1.54, 1.807) is 42.5 Å². The molecule has 32 heavy (non-hydrogen) atoms. The van der Waals surface area contributed by atoms with Gasteiger partial charge in [0, 0.05) is 13.1 Å². The van der Waals surface area contributed by atoms with Crippen LogP contribution in [0.25, 0.3) is 0 Å². The highest BCUT2D eigenvalue weighted by molar-refractivity contribution is 7.18. The van der Waals surface area contributed by atoms with E-state index in [9.17, 15) is 14.4 Å². The van der Waals surface area contributed by atoms with Crippen LogP contribution in [0.1, 0.15) is 32.7 Å². The van der Waals surface area contributed by atoms with Crippen LogP contribution in [0.2, 0.25) is 0 Å². The van der Waals surface area contributed by atoms with Gasteiger partial charge in [-0.25, -0.2) is 0 Å². The molecule has 9 nitrogen and oxygen atoms in total. The second kappa shape index (κ2) is 11.0. The Morgan fingerprint density at radius 1 is 1.03 bits per heavy atom. The monoisotopic (exact) mass is 457 g/mol. The molecule has 0 atom stereocenters. The van der Waals surface area contributed by atoms with E-state index in [1.165, 1.54) is 13.4 Å². The maximum atomic E-state index is 12.5. The summed E-state index contributed by atoms with van der Waals surface area (Å²) in [7, 11) is 1.50. The molecule has 0 saturated heterocycles. The topological polar surface area (TPSA) is 119 Å². The van der Waals surface area contributed by atoms with Crippen molar-refractivity contribution in [2.75, 3.05) is 25.6 Å². The Labute approximate surface area is 188 Å². The van der Waals surface area contributed by atoms with Gasteiger partial charge < -0.3 is 29.8 Å². The van der Waals surface area contributed by atoms with E-state index < -0.39 is 0 Å². The van der Waals surface area contributed by atoms with Crippen LogP contribution in [-0.4, -0.2) is 38.0 Å². The Bertz CT molecular complexity index is 1080. The number of benzene rings is 1. The highest BCUT2D eigenvalue weighted by Crippen LogP contribution is 2.28. The van der Waals surface area contributed by atoms with E-state index >= 15 is 0 Å². The quantitative estimate of drug-likeness (QED) is 0.431. The zero-order valence-corrected chi connectivity index (χ0v) is 18.4. The molecule has 1 aromatic carbocycles. The maximum Gasteiger partial charge on any atom is 0.291 e. The summed E-state index contributed by atoms with van der Waals surface area (Å²) in [6.07, 6.45) is 1.42. The number of carbonyl (C=O) groups is 3. The molecule has 2 heterocycles. The molecule has 10 heteroatoms. The molecule has 3 amide bonds. The second-order valence-electron chi connectivity index (χ2n) is 6.51. The number of anilines is 1. The summed E-state index contributed by atoms with van der Waals surface area (Å²) in [4.78, 5) is 36.5. The second-order valence-corrected chi connectivity index (χ2v) is 7.59. The minimum atomic E-state index is -0.384. The summed E-state index contributed by atoms with van der Waals surface area (Å²) < 4.78 is 15.9. The Kier molecular flexibility index (Phi) is 7.87. The van der Waals surface area contributed by atoms with Crippen LogP contribution in [0.5, 0.6) is 11.5 Å². The van der Waals surface area contributed by atoms with Crippen LogP contribution in [0, 0.1) is 0 Å². The standard InChI is InChI=1S/C22H23N3O6S/c1-3-23-19(26)13-31-15-7-6-14(11-17(15)29-2)12-24-22(28)18-8-9-20(32-18)25-21(27)16-5-4-10-30-16/h4-11H,3,12-13H2,1-2H3,(H,23,26)(H,24,28)(H,25,27). The third-order valence-corrected chi connectivity index (χ3v) is 5.22. The summed E-state index contributed by atoms with van der Waals surface area (Å²) in [5, 5.41) is 8.70. The van der Waals surface area contributed by atoms with Crippen molar-refractivity contribution in [3.63, 3.8) is 0 Å². The Hall–Kier alpha value is -3.79. The number of furan rings is 1. The summed E-state index contributed by atoms with van der Waals surface area (Å²) in [6, 6.07) is 11.7. The molecule has 2 aromatic heterocycles. The molecule has 3 aromatic rings. The first kappa shape index (κ1) is 22.9. The third kappa shape index (κ3) is 6.11. The van der Waals surface area contributed by atoms with Gasteiger partial charge >= 0.3 is 0 Å². The predicted octanol–water partition coefficient (Wildman–Crippen LogP) is 3.05. The summed E-state index contributed by atoms with van der Waals surface area (Å²) >= 11 is 1.16. The highest BCUT2D eigenvalue weighted by Gasteiger charge is 2.14. The van der Waals surface area contributed by atoms with Crippen LogP contribution >= 0.6 is 11.3 Å². The number of thiophene rings is 1. The van der Waals surface area contributed by atoms with Crippen molar-refractivity contribution < 1.29 is 28.3 Å². The summed E-state index contributed by atoms with van der Waals surface area (Å²) in [5.41, 5.74) is 0.795. The molecular weight excluding hydrogens is 434 g/mol. The molecular formula is C22H23N3O6S. The van der Waals surface area contributed by atoms with Crippen molar-refractivity contribution in [1.82, 2.24) is 10.6 Å². The molecule has 0 saturated carbocycles. The Morgan fingerprint density at radius 3 is 2.59 bits per heavy atom. The molecule has 0 radical (unpaired) electrons. The van der Waals surface area contributed by atoms with E-state index in [0.29, 0.717) is 27.9 Å². The molecule has 0 unspecified atom stereocenters. The summed E-state index contributed by atoms with van der Waals surface area (Å²) in [5.74, 6) is 0.205. The Balaban J connectivity index is 1.54. The van der Waals surface area contributed by atoms with Crippen LogP contribution < -0.4 is 25.4 Å². The first-order valence-electron chi connectivity index (χ1n) is 9.79. The van der Waals surface area contributed by atoms with Crippen LogP contribution in [-0.2, 0) is 11.3 Å². The zero-order valence-electron chi connectivity index (χ0n) is 17.6. The average molecular weight is 458 g/mol. The smallest absolute Gasteiger partial charge is 0.291 e. The maximum absolute atomic E-state index is 12.5. The van der Waals surface area contributed by atoms with Crippen LogP contribution in [0.4, 0.5) is 5.00 Å². The normalized spacial score (nSPS) is 10.3. The molecule has 0 fully saturated rings. The van der Waals surface area contributed by atoms with E-state index in [0.717, 1.165) is 16.9 Å². The molecule has 0 spiro atoms. The molecule has 0 aliphatic heterocycles. The van der Waals surface area contributed by atoms with Crippen molar-refractivity contribution in [1.29, 1.82) is 0 Å². The number of rotatable bonds is 10. The number of likely N-dealkylation sites (N-methyl/N-ethyl adjacent to an activating group) is 1. The largest absolute Gasteiger partial charge is 0.493 e. The first-order valence-corrected chi connectivity index (χ1v) is 10.6. The molecule has 0 aliphatic carbocycles.